The van der Waals surface area contributed by atoms with Crippen LogP contribution in [0.15, 0.2) is 24.3 Å². The highest BCUT2D eigenvalue weighted by molar-refractivity contribution is 5.79. The van der Waals surface area contributed by atoms with Crippen molar-refractivity contribution in [3.8, 4) is 0 Å². The number of hydrogen-bond donors (Lipinski definition) is 2. The zero-order valence-electron chi connectivity index (χ0n) is 30.4. The number of Topliss-reactive ketones (excluding diaryl/α,β-unsaturated/α-hetero) is 1. The normalized spacial score (nSPS) is 53.2. The molecule has 10 aliphatic rings. The summed E-state index contributed by atoms with van der Waals surface area (Å²) in [5, 5.41) is 10.5. The summed E-state index contributed by atoms with van der Waals surface area (Å²) in [6, 6.07) is 0. The van der Waals surface area contributed by atoms with Gasteiger partial charge in [0.05, 0.1) is 61.0 Å². The van der Waals surface area contributed by atoms with Crippen molar-refractivity contribution in [3.05, 3.63) is 24.3 Å². The molecule has 12 bridgehead atoms. The van der Waals surface area contributed by atoms with Gasteiger partial charge >= 0.3 is 0 Å². The van der Waals surface area contributed by atoms with E-state index in [0.717, 1.165) is 56.1 Å². The van der Waals surface area contributed by atoms with Crippen molar-refractivity contribution < 1.29 is 47.8 Å². The first kappa shape index (κ1) is 35.5. The van der Waals surface area contributed by atoms with Crippen molar-refractivity contribution in [3.63, 3.8) is 0 Å². The van der Waals surface area contributed by atoms with Gasteiger partial charge in [-0.3, -0.25) is 4.79 Å². The maximum Gasteiger partial charge on any atom is 0.172 e. The van der Waals surface area contributed by atoms with E-state index in [0.29, 0.717) is 44.4 Å². The minimum absolute atomic E-state index is 0.00127. The Kier molecular flexibility index (Phi) is 9.59. The largest absolute Gasteiger partial charge is 0.392 e. The van der Waals surface area contributed by atoms with Gasteiger partial charge in [-0.05, 0) is 73.8 Å². The lowest BCUT2D eigenvalue weighted by molar-refractivity contribution is -0.292. The van der Waals surface area contributed by atoms with Gasteiger partial charge in [-0.25, -0.2) is 0 Å². The molecule has 0 saturated carbocycles. The zero-order chi connectivity index (χ0) is 35.2. The molecule has 0 aliphatic carbocycles. The van der Waals surface area contributed by atoms with Crippen LogP contribution in [0.1, 0.15) is 97.3 Å². The molecular formula is C40H59NO10. The highest BCUT2D eigenvalue weighted by atomic mass is 16.8. The summed E-state index contributed by atoms with van der Waals surface area (Å²) in [6.45, 7) is 13.5. The molecule has 10 fully saturated rings. The molecule has 10 rings (SSSR count). The molecule has 1 unspecified atom stereocenters. The second-order valence-electron chi connectivity index (χ2n) is 17.6. The second-order valence-corrected chi connectivity index (χ2v) is 17.6. The van der Waals surface area contributed by atoms with Crippen molar-refractivity contribution >= 4 is 5.78 Å². The third kappa shape index (κ3) is 6.53. The third-order valence-corrected chi connectivity index (χ3v) is 14.2. The molecule has 0 radical (unpaired) electrons. The summed E-state index contributed by atoms with van der Waals surface area (Å²) in [7, 11) is 0. The predicted octanol–water partition coefficient (Wildman–Crippen LogP) is 4.06. The van der Waals surface area contributed by atoms with Crippen LogP contribution in [0, 0.1) is 17.8 Å². The summed E-state index contributed by atoms with van der Waals surface area (Å²) < 4.78 is 54.0. The Hall–Kier alpha value is -1.25. The lowest BCUT2D eigenvalue weighted by Gasteiger charge is -2.47. The molecule has 0 aromatic carbocycles. The van der Waals surface area contributed by atoms with Crippen LogP contribution in [0.5, 0.6) is 0 Å². The van der Waals surface area contributed by atoms with Crippen molar-refractivity contribution in [2.75, 3.05) is 6.54 Å². The standard InChI is InChI=1S/C40H59NO10/c1-19-11-25-5-7-29-20(2)12-27(44-29)9-10-40-17-34-36(50-40)37-38(49-34)39(51-40)35-30(48-37)8-6-26(46-35)13-23(42)14-28-22(4)31(15-24(43)18-41)47-33(28)16-32(45-25)21(19)3/h19,22,24-39,43H,2-3,5-18,41H2,1,4H3/t19-,22-,24?,25+,26-,27+,28-,29+,30+,31-,32-,33+,34-,35+,36+,37+,38-,39+,40+/m1/s1. The number of fused-ring (bicyclic) bond motifs is 6. The molecule has 0 aromatic heterocycles. The summed E-state index contributed by atoms with van der Waals surface area (Å²) in [6.07, 6.45) is 6.43. The molecule has 1 spiro atoms. The Balaban J connectivity index is 0.986. The predicted molar refractivity (Wildman–Crippen MR) is 185 cm³/mol. The molecule has 10 heterocycles. The van der Waals surface area contributed by atoms with Crippen LogP contribution in [0.2, 0.25) is 0 Å². The molecule has 0 amide bonds. The van der Waals surface area contributed by atoms with E-state index in [2.05, 4.69) is 27.0 Å². The van der Waals surface area contributed by atoms with Crippen LogP contribution in [0.4, 0.5) is 0 Å². The topological polar surface area (TPSA) is 137 Å². The molecule has 10 saturated heterocycles. The first-order valence-electron chi connectivity index (χ1n) is 20.1. The number of hydrogen-bond acceptors (Lipinski definition) is 11. The van der Waals surface area contributed by atoms with Crippen LogP contribution >= 0.6 is 0 Å². The number of nitrogens with two attached hydrogens (primary N) is 1. The molecule has 51 heavy (non-hydrogen) atoms. The van der Waals surface area contributed by atoms with E-state index in [1.54, 1.807) is 0 Å². The van der Waals surface area contributed by atoms with Gasteiger partial charge in [-0.2, -0.15) is 0 Å². The van der Waals surface area contributed by atoms with Gasteiger partial charge in [-0.15, -0.1) is 0 Å². The maximum atomic E-state index is 14.0. The number of ketones is 1. The van der Waals surface area contributed by atoms with E-state index in [1.165, 1.54) is 0 Å². The lowest BCUT2D eigenvalue weighted by Crippen LogP contribution is -2.61. The van der Waals surface area contributed by atoms with Crippen molar-refractivity contribution in [1.29, 1.82) is 0 Å². The lowest BCUT2D eigenvalue weighted by atomic mass is 9.78. The fraction of sp³-hybridized carbons (Fsp3) is 0.875. The summed E-state index contributed by atoms with van der Waals surface area (Å²) in [5.74, 6) is -0.222. The van der Waals surface area contributed by atoms with Gasteiger partial charge < -0.3 is 48.7 Å². The van der Waals surface area contributed by atoms with E-state index >= 15 is 0 Å². The molecule has 284 valence electrons. The maximum absolute atomic E-state index is 14.0. The van der Waals surface area contributed by atoms with Crippen molar-refractivity contribution in [2.24, 2.45) is 23.5 Å². The quantitative estimate of drug-likeness (QED) is 0.410. The minimum Gasteiger partial charge on any atom is -0.392 e. The second kappa shape index (κ2) is 13.8. The zero-order valence-corrected chi connectivity index (χ0v) is 30.4. The van der Waals surface area contributed by atoms with Crippen LogP contribution in [-0.4, -0.2) is 115 Å². The number of carbonyl (C=O) groups excluding carboxylic acids is 1. The number of rotatable bonds is 3. The Morgan fingerprint density at radius 1 is 0.765 bits per heavy atom. The molecule has 10 aliphatic heterocycles. The van der Waals surface area contributed by atoms with Crippen molar-refractivity contribution in [2.45, 2.75) is 195 Å². The number of ether oxygens (including phenoxy) is 8. The highest BCUT2D eigenvalue weighted by Crippen LogP contribution is 2.54. The van der Waals surface area contributed by atoms with Gasteiger partial charge in [-0.1, -0.05) is 27.0 Å². The van der Waals surface area contributed by atoms with Gasteiger partial charge in [0.2, 0.25) is 0 Å². The summed E-state index contributed by atoms with van der Waals surface area (Å²) >= 11 is 0. The fourth-order valence-electron chi connectivity index (χ4n) is 11.3. The smallest absolute Gasteiger partial charge is 0.172 e. The average molecular weight is 714 g/mol. The molecule has 3 N–H and O–H groups in total. The number of carbonyl (C=O) groups is 1. The van der Waals surface area contributed by atoms with Gasteiger partial charge in [0, 0.05) is 45.1 Å². The Morgan fingerprint density at radius 2 is 1.51 bits per heavy atom. The molecule has 11 heteroatoms. The van der Waals surface area contributed by atoms with E-state index in [-0.39, 0.29) is 110 Å². The third-order valence-electron chi connectivity index (χ3n) is 14.2. The Morgan fingerprint density at radius 3 is 2.35 bits per heavy atom. The highest BCUT2D eigenvalue weighted by Gasteiger charge is 2.68. The Bertz CT molecular complexity index is 1360. The van der Waals surface area contributed by atoms with Crippen LogP contribution in [0.3, 0.4) is 0 Å². The van der Waals surface area contributed by atoms with Gasteiger partial charge in [0.1, 0.15) is 36.3 Å². The molecular weight excluding hydrogens is 654 g/mol. The minimum atomic E-state index is -0.765. The summed E-state index contributed by atoms with van der Waals surface area (Å²) in [5.41, 5.74) is 8.06. The van der Waals surface area contributed by atoms with Crippen molar-refractivity contribution in [1.82, 2.24) is 0 Å². The van der Waals surface area contributed by atoms with Crippen LogP contribution in [-0.2, 0) is 42.7 Å². The first-order chi connectivity index (χ1) is 24.6. The Labute approximate surface area is 302 Å². The SMILES string of the molecule is C=C1C[C@@H]2CC[C@@]34C[C@H]5O[C@H]6[C@@H](O3)[C@H]3O[C@H](CC[C@@H]3O[C@H]6[C@H]5O4)CC(=O)C[C@@H]3[C@@H](C)[C@@H](CC(O)CN)O[C@H]3C[C@H]3O[C@@H](CC[C@@H]1O2)C[C@@H](C)C3=C. The van der Waals surface area contributed by atoms with Gasteiger partial charge in [0.15, 0.2) is 5.79 Å². The molecule has 0 aromatic rings. The average Bonchev–Trinajstić information content (AvgIpc) is 3.77. The first-order valence-corrected chi connectivity index (χ1v) is 20.1. The summed E-state index contributed by atoms with van der Waals surface area (Å²) in [4.78, 5) is 14.0. The van der Waals surface area contributed by atoms with Gasteiger partial charge in [0.25, 0.3) is 0 Å². The van der Waals surface area contributed by atoms with E-state index in [4.69, 9.17) is 43.6 Å². The number of aliphatic hydroxyl groups excluding tert-OH is 1. The number of aliphatic hydroxyl groups is 1. The van der Waals surface area contributed by atoms with E-state index in [1.807, 2.05) is 0 Å². The fourth-order valence-corrected chi connectivity index (χ4v) is 11.3. The van der Waals surface area contributed by atoms with E-state index < -0.39 is 11.9 Å². The monoisotopic (exact) mass is 713 g/mol. The van der Waals surface area contributed by atoms with Crippen LogP contribution < -0.4 is 5.73 Å². The molecule has 19 atom stereocenters. The van der Waals surface area contributed by atoms with Crippen LogP contribution in [0.25, 0.3) is 0 Å². The van der Waals surface area contributed by atoms with E-state index in [9.17, 15) is 9.90 Å². The molecule has 11 nitrogen and oxygen atoms in total.